The summed E-state index contributed by atoms with van der Waals surface area (Å²) in [6.45, 7) is 7.43. The lowest BCUT2D eigenvalue weighted by molar-refractivity contribution is -0.0706. The highest BCUT2D eigenvalue weighted by atomic mass is 16.5. The predicted octanol–water partition coefficient (Wildman–Crippen LogP) is 5.15. The van der Waals surface area contributed by atoms with Gasteiger partial charge >= 0.3 is 0 Å². The molecule has 2 heterocycles. The number of aliphatic hydroxyl groups is 1. The van der Waals surface area contributed by atoms with Gasteiger partial charge in [-0.3, -0.25) is 9.78 Å². The maximum absolute atomic E-state index is 12.9. The fraction of sp³-hybridized carbons (Fsp3) is 0.538. The Bertz CT molecular complexity index is 959. The second-order valence-electron chi connectivity index (χ2n) is 9.36. The summed E-state index contributed by atoms with van der Waals surface area (Å²) in [5, 5.41) is 14.1. The van der Waals surface area contributed by atoms with Crippen molar-refractivity contribution in [3.8, 4) is 0 Å². The quantitative estimate of drug-likeness (QED) is 0.699. The van der Waals surface area contributed by atoms with Crippen molar-refractivity contribution >= 4 is 11.6 Å². The number of carbonyl (C=O) groups excluding carboxylic acids is 1. The third-order valence-corrected chi connectivity index (χ3v) is 7.53. The van der Waals surface area contributed by atoms with Crippen molar-refractivity contribution in [1.29, 1.82) is 0 Å². The van der Waals surface area contributed by atoms with E-state index in [4.69, 9.17) is 4.74 Å². The smallest absolute Gasteiger partial charge is 0.255 e. The Balaban J connectivity index is 1.63. The number of ether oxygens (including phenoxy) is 1. The van der Waals surface area contributed by atoms with Gasteiger partial charge in [0.15, 0.2) is 0 Å². The molecule has 166 valence electrons. The zero-order valence-electron chi connectivity index (χ0n) is 18.9. The molecule has 1 amide bonds. The molecule has 4 rings (SSSR count). The Kier molecular flexibility index (Phi) is 6.18. The summed E-state index contributed by atoms with van der Waals surface area (Å²) in [5.41, 5.74) is 3.98. The lowest BCUT2D eigenvalue weighted by Crippen LogP contribution is -2.48. The molecule has 1 saturated carbocycles. The minimum Gasteiger partial charge on any atom is -0.390 e. The van der Waals surface area contributed by atoms with Crippen LogP contribution in [0.4, 0.5) is 5.69 Å². The lowest BCUT2D eigenvalue weighted by atomic mass is 9.57. The summed E-state index contributed by atoms with van der Waals surface area (Å²) >= 11 is 0. The lowest BCUT2D eigenvalue weighted by Gasteiger charge is -2.49. The van der Waals surface area contributed by atoms with E-state index in [2.05, 4.69) is 30.2 Å². The second-order valence-corrected chi connectivity index (χ2v) is 9.36. The zero-order valence-corrected chi connectivity index (χ0v) is 18.9. The molecule has 31 heavy (non-hydrogen) atoms. The van der Waals surface area contributed by atoms with Crippen molar-refractivity contribution in [2.24, 2.45) is 5.92 Å². The van der Waals surface area contributed by atoms with Gasteiger partial charge in [-0.15, -0.1) is 0 Å². The fourth-order valence-electron chi connectivity index (χ4n) is 5.80. The van der Waals surface area contributed by atoms with E-state index in [1.807, 2.05) is 31.2 Å². The van der Waals surface area contributed by atoms with E-state index in [1.54, 1.807) is 6.20 Å². The number of aryl methyl sites for hydroxylation is 1. The van der Waals surface area contributed by atoms with Crippen LogP contribution < -0.4 is 5.32 Å². The Morgan fingerprint density at radius 1 is 1.29 bits per heavy atom. The first-order valence-electron chi connectivity index (χ1n) is 11.6. The summed E-state index contributed by atoms with van der Waals surface area (Å²) in [6.07, 6.45) is 7.15. The normalized spacial score (nSPS) is 27.7. The highest BCUT2D eigenvalue weighted by Gasteiger charge is 2.49. The molecule has 5 nitrogen and oxygen atoms in total. The number of amides is 1. The summed E-state index contributed by atoms with van der Waals surface area (Å²) in [7, 11) is 0. The van der Waals surface area contributed by atoms with Crippen molar-refractivity contribution in [2.75, 3.05) is 11.9 Å². The molecule has 1 aromatic heterocycles. The number of hydrogen-bond donors (Lipinski definition) is 2. The SMILES string of the molecule is CCC[C@]1(O)CC[C@]2(CC)c3ccc(C(=O)Nc4cccnc4C)cc3COC[C@@H]2C1. The first-order valence-corrected chi connectivity index (χ1v) is 11.6. The summed E-state index contributed by atoms with van der Waals surface area (Å²) in [6, 6.07) is 9.75. The molecule has 1 aromatic carbocycles. The number of aromatic nitrogens is 1. The van der Waals surface area contributed by atoms with E-state index in [0.29, 0.717) is 24.7 Å². The Morgan fingerprint density at radius 3 is 2.87 bits per heavy atom. The van der Waals surface area contributed by atoms with Crippen molar-refractivity contribution in [3.05, 3.63) is 58.9 Å². The average Bonchev–Trinajstić information content (AvgIpc) is 2.91. The highest BCUT2D eigenvalue weighted by molar-refractivity contribution is 6.04. The van der Waals surface area contributed by atoms with E-state index in [1.165, 1.54) is 5.56 Å². The van der Waals surface area contributed by atoms with Crippen molar-refractivity contribution in [2.45, 2.75) is 76.9 Å². The van der Waals surface area contributed by atoms with Gasteiger partial charge in [0.05, 0.1) is 30.2 Å². The van der Waals surface area contributed by atoms with Crippen LogP contribution in [0.2, 0.25) is 0 Å². The van der Waals surface area contributed by atoms with Crippen LogP contribution in [0.5, 0.6) is 0 Å². The monoisotopic (exact) mass is 422 g/mol. The average molecular weight is 423 g/mol. The van der Waals surface area contributed by atoms with Gasteiger partial charge in [-0.1, -0.05) is 26.3 Å². The summed E-state index contributed by atoms with van der Waals surface area (Å²) < 4.78 is 6.11. The molecule has 3 atom stereocenters. The molecular weight excluding hydrogens is 388 g/mol. The van der Waals surface area contributed by atoms with Crippen LogP contribution >= 0.6 is 0 Å². The van der Waals surface area contributed by atoms with E-state index in [0.717, 1.165) is 55.5 Å². The van der Waals surface area contributed by atoms with Gasteiger partial charge in [0.1, 0.15) is 0 Å². The molecule has 0 saturated heterocycles. The molecule has 0 unspecified atom stereocenters. The van der Waals surface area contributed by atoms with Crippen LogP contribution in [0.25, 0.3) is 0 Å². The van der Waals surface area contributed by atoms with Gasteiger partial charge in [-0.25, -0.2) is 0 Å². The molecule has 0 bridgehead atoms. The van der Waals surface area contributed by atoms with E-state index < -0.39 is 5.60 Å². The third kappa shape index (κ3) is 4.13. The maximum Gasteiger partial charge on any atom is 0.255 e. The maximum atomic E-state index is 12.9. The molecule has 0 radical (unpaired) electrons. The number of nitrogens with one attached hydrogen (secondary N) is 1. The third-order valence-electron chi connectivity index (χ3n) is 7.53. The predicted molar refractivity (Wildman–Crippen MR) is 122 cm³/mol. The fourth-order valence-corrected chi connectivity index (χ4v) is 5.80. The molecule has 1 aliphatic carbocycles. The van der Waals surface area contributed by atoms with Gasteiger partial charge in [0.2, 0.25) is 0 Å². The molecule has 0 spiro atoms. The molecular formula is C26H34N2O3. The number of nitrogens with zero attached hydrogens (tertiary/aromatic N) is 1. The van der Waals surface area contributed by atoms with Crippen LogP contribution in [-0.2, 0) is 16.8 Å². The zero-order chi connectivity index (χ0) is 22.1. The number of hydrogen-bond acceptors (Lipinski definition) is 4. The number of benzene rings is 1. The van der Waals surface area contributed by atoms with Gasteiger partial charge < -0.3 is 15.2 Å². The number of rotatable bonds is 5. The van der Waals surface area contributed by atoms with Crippen molar-refractivity contribution in [1.82, 2.24) is 4.98 Å². The van der Waals surface area contributed by atoms with Gasteiger partial charge in [0.25, 0.3) is 5.91 Å². The van der Waals surface area contributed by atoms with E-state index >= 15 is 0 Å². The summed E-state index contributed by atoms with van der Waals surface area (Å²) in [5.74, 6) is 0.160. The minimum atomic E-state index is -0.576. The van der Waals surface area contributed by atoms with Gasteiger partial charge in [-0.05, 0) is 80.3 Å². The van der Waals surface area contributed by atoms with E-state index in [-0.39, 0.29) is 11.3 Å². The first-order chi connectivity index (χ1) is 14.9. The number of fused-ring (bicyclic) bond motifs is 3. The Hall–Kier alpha value is -2.24. The van der Waals surface area contributed by atoms with Gasteiger partial charge in [0, 0.05) is 17.2 Å². The van der Waals surface area contributed by atoms with Crippen LogP contribution in [0.1, 0.15) is 79.6 Å². The first kappa shape index (κ1) is 22.0. The Morgan fingerprint density at radius 2 is 2.13 bits per heavy atom. The molecule has 2 N–H and O–H groups in total. The molecule has 1 fully saturated rings. The number of carbonyl (C=O) groups is 1. The number of anilines is 1. The van der Waals surface area contributed by atoms with Crippen LogP contribution in [0, 0.1) is 12.8 Å². The minimum absolute atomic E-state index is 0.000743. The molecule has 5 heteroatoms. The van der Waals surface area contributed by atoms with Gasteiger partial charge in [-0.2, -0.15) is 0 Å². The van der Waals surface area contributed by atoms with Crippen molar-refractivity contribution in [3.63, 3.8) is 0 Å². The van der Waals surface area contributed by atoms with Crippen molar-refractivity contribution < 1.29 is 14.6 Å². The second kappa shape index (κ2) is 8.71. The van der Waals surface area contributed by atoms with Crippen LogP contribution in [0.15, 0.2) is 36.5 Å². The van der Waals surface area contributed by atoms with Crippen LogP contribution in [0.3, 0.4) is 0 Å². The Labute approximate surface area is 185 Å². The summed E-state index contributed by atoms with van der Waals surface area (Å²) in [4.78, 5) is 17.2. The highest BCUT2D eigenvalue weighted by Crippen LogP contribution is 2.52. The number of pyridine rings is 1. The topological polar surface area (TPSA) is 71.5 Å². The van der Waals surface area contributed by atoms with E-state index in [9.17, 15) is 9.90 Å². The largest absolute Gasteiger partial charge is 0.390 e. The molecule has 1 aliphatic heterocycles. The molecule has 2 aliphatic rings. The van der Waals surface area contributed by atoms with Crippen LogP contribution in [-0.4, -0.2) is 28.2 Å². The standard InChI is InChI=1S/C26H34N2O3/c1-4-10-25(30)11-12-26(5-2)21(15-25)17-31-16-20-14-19(8-9-22(20)26)24(29)28-23-7-6-13-27-18(23)3/h6-9,13-14,21,30H,4-5,10-12,15-17H2,1-3H3,(H,28,29)/t21-,25-,26-/m0/s1. The molecule has 2 aromatic rings.